The molecule has 1 atom stereocenters. The fourth-order valence-corrected chi connectivity index (χ4v) is 2.44. The van der Waals surface area contributed by atoms with Crippen molar-refractivity contribution in [2.24, 2.45) is 5.73 Å². The zero-order chi connectivity index (χ0) is 16.9. The lowest BCUT2D eigenvalue weighted by Gasteiger charge is -2.14. The second kappa shape index (κ2) is 7.14. The molecule has 0 saturated heterocycles. The number of hydrogen-bond acceptors (Lipinski definition) is 5. The summed E-state index contributed by atoms with van der Waals surface area (Å²) in [5.41, 5.74) is 8.15. The summed E-state index contributed by atoms with van der Waals surface area (Å²) in [6.45, 7) is 2.48. The maximum Gasteiger partial charge on any atom is 0.181 e. The molecule has 0 radical (unpaired) electrons. The van der Waals surface area contributed by atoms with E-state index in [-0.39, 0.29) is 0 Å². The van der Waals surface area contributed by atoms with Gasteiger partial charge in [0.15, 0.2) is 17.3 Å². The smallest absolute Gasteiger partial charge is 0.181 e. The van der Waals surface area contributed by atoms with E-state index in [1.54, 1.807) is 7.11 Å². The van der Waals surface area contributed by atoms with Crippen LogP contribution in [0.4, 0.5) is 0 Å². The first kappa shape index (κ1) is 16.0. The van der Waals surface area contributed by atoms with Crippen LogP contribution in [0, 0.1) is 0 Å². The number of nitrogens with two attached hydrogens (primary N) is 1. The molecule has 2 aromatic carbocycles. The molecular weight excluding hydrogens is 304 g/mol. The molecule has 124 valence electrons. The van der Waals surface area contributed by atoms with Gasteiger partial charge in [0.25, 0.3) is 0 Å². The maximum atomic E-state index is 6.33. The van der Waals surface area contributed by atoms with Crippen LogP contribution in [-0.2, 0) is 0 Å². The Morgan fingerprint density at radius 1 is 1.12 bits per heavy atom. The van der Waals surface area contributed by atoms with Gasteiger partial charge in [-0.25, -0.2) is 4.98 Å². The SMILES string of the molecule is CCOc1cc([C@H](N)c2nc(-c3ccccc3)n[nH]2)ccc1OC. The summed E-state index contributed by atoms with van der Waals surface area (Å²) < 4.78 is 10.9. The van der Waals surface area contributed by atoms with E-state index in [9.17, 15) is 0 Å². The van der Waals surface area contributed by atoms with Crippen LogP contribution in [-0.4, -0.2) is 28.9 Å². The third-order valence-corrected chi connectivity index (χ3v) is 3.68. The second-order valence-electron chi connectivity index (χ2n) is 5.23. The number of methoxy groups -OCH3 is 1. The van der Waals surface area contributed by atoms with E-state index < -0.39 is 6.04 Å². The summed E-state index contributed by atoms with van der Waals surface area (Å²) in [7, 11) is 1.61. The molecule has 0 aliphatic rings. The maximum absolute atomic E-state index is 6.33. The van der Waals surface area contributed by atoms with Crippen LogP contribution in [0.3, 0.4) is 0 Å². The number of benzene rings is 2. The average molecular weight is 324 g/mol. The summed E-state index contributed by atoms with van der Waals surface area (Å²) in [5, 5.41) is 7.18. The van der Waals surface area contributed by atoms with E-state index in [0.29, 0.717) is 29.8 Å². The highest BCUT2D eigenvalue weighted by atomic mass is 16.5. The topological polar surface area (TPSA) is 86.0 Å². The predicted octanol–water partition coefficient (Wildman–Crippen LogP) is 2.93. The zero-order valence-corrected chi connectivity index (χ0v) is 13.7. The van der Waals surface area contributed by atoms with Gasteiger partial charge < -0.3 is 15.2 Å². The molecule has 24 heavy (non-hydrogen) atoms. The highest BCUT2D eigenvalue weighted by Gasteiger charge is 2.17. The van der Waals surface area contributed by atoms with Crippen molar-refractivity contribution in [2.75, 3.05) is 13.7 Å². The van der Waals surface area contributed by atoms with E-state index in [1.165, 1.54) is 0 Å². The van der Waals surface area contributed by atoms with E-state index in [2.05, 4.69) is 15.2 Å². The Kier molecular flexibility index (Phi) is 4.77. The number of nitrogens with zero attached hydrogens (tertiary/aromatic N) is 2. The van der Waals surface area contributed by atoms with Crippen LogP contribution in [0.15, 0.2) is 48.5 Å². The Labute approximate surface area is 140 Å². The largest absolute Gasteiger partial charge is 0.493 e. The Balaban J connectivity index is 1.88. The minimum Gasteiger partial charge on any atom is -0.493 e. The van der Waals surface area contributed by atoms with Gasteiger partial charge in [0.1, 0.15) is 5.82 Å². The Morgan fingerprint density at radius 3 is 2.62 bits per heavy atom. The number of ether oxygens (including phenoxy) is 2. The van der Waals surface area contributed by atoms with Gasteiger partial charge in [0.2, 0.25) is 0 Å². The fraction of sp³-hybridized carbons (Fsp3) is 0.222. The molecule has 0 aliphatic carbocycles. The Hall–Kier alpha value is -2.86. The summed E-state index contributed by atoms with van der Waals surface area (Å²) >= 11 is 0. The van der Waals surface area contributed by atoms with Crippen molar-refractivity contribution in [3.8, 4) is 22.9 Å². The minimum absolute atomic E-state index is 0.430. The molecule has 1 heterocycles. The number of hydrogen-bond donors (Lipinski definition) is 2. The molecule has 0 aliphatic heterocycles. The molecule has 0 bridgehead atoms. The monoisotopic (exact) mass is 324 g/mol. The molecule has 6 nitrogen and oxygen atoms in total. The van der Waals surface area contributed by atoms with Gasteiger partial charge in [0.05, 0.1) is 19.8 Å². The van der Waals surface area contributed by atoms with Crippen molar-refractivity contribution in [2.45, 2.75) is 13.0 Å². The van der Waals surface area contributed by atoms with Gasteiger partial charge in [-0.1, -0.05) is 36.4 Å². The zero-order valence-electron chi connectivity index (χ0n) is 13.7. The molecule has 1 aromatic heterocycles. The number of aromatic nitrogens is 3. The van der Waals surface area contributed by atoms with E-state index in [0.717, 1.165) is 11.1 Å². The summed E-state index contributed by atoms with van der Waals surface area (Å²) in [6.07, 6.45) is 0. The molecular formula is C18H20N4O2. The first-order valence-electron chi connectivity index (χ1n) is 7.77. The van der Waals surface area contributed by atoms with Gasteiger partial charge in [-0.15, -0.1) is 0 Å². The van der Waals surface area contributed by atoms with Crippen molar-refractivity contribution in [3.63, 3.8) is 0 Å². The van der Waals surface area contributed by atoms with Crippen LogP contribution in [0.25, 0.3) is 11.4 Å². The first-order chi connectivity index (χ1) is 11.7. The third kappa shape index (κ3) is 3.23. The molecule has 0 unspecified atom stereocenters. The highest BCUT2D eigenvalue weighted by Crippen LogP contribution is 2.31. The lowest BCUT2D eigenvalue weighted by atomic mass is 10.1. The van der Waals surface area contributed by atoms with Crippen molar-refractivity contribution in [3.05, 3.63) is 59.9 Å². The van der Waals surface area contributed by atoms with Gasteiger partial charge in [-0.2, -0.15) is 5.10 Å². The van der Waals surface area contributed by atoms with Crippen LogP contribution >= 0.6 is 0 Å². The molecule has 6 heteroatoms. The summed E-state index contributed by atoms with van der Waals surface area (Å²) in [6, 6.07) is 14.9. The number of nitrogens with one attached hydrogen (secondary N) is 1. The molecule has 0 spiro atoms. The number of H-pyrrole nitrogens is 1. The Bertz CT molecular complexity index is 802. The van der Waals surface area contributed by atoms with Crippen LogP contribution in [0.2, 0.25) is 0 Å². The van der Waals surface area contributed by atoms with Gasteiger partial charge in [-0.3, -0.25) is 5.10 Å². The van der Waals surface area contributed by atoms with E-state index >= 15 is 0 Å². The normalized spacial score (nSPS) is 12.0. The van der Waals surface area contributed by atoms with Crippen molar-refractivity contribution in [1.82, 2.24) is 15.2 Å². The molecule has 0 amide bonds. The van der Waals surface area contributed by atoms with Gasteiger partial charge >= 0.3 is 0 Å². The Morgan fingerprint density at radius 2 is 1.92 bits per heavy atom. The quantitative estimate of drug-likeness (QED) is 0.728. The lowest BCUT2D eigenvalue weighted by Crippen LogP contribution is -2.14. The number of rotatable bonds is 6. The predicted molar refractivity (Wildman–Crippen MR) is 92.0 cm³/mol. The molecule has 3 aromatic rings. The van der Waals surface area contributed by atoms with Crippen molar-refractivity contribution >= 4 is 0 Å². The first-order valence-corrected chi connectivity index (χ1v) is 7.77. The molecule has 0 saturated carbocycles. The van der Waals surface area contributed by atoms with Crippen LogP contribution in [0.1, 0.15) is 24.4 Å². The second-order valence-corrected chi connectivity index (χ2v) is 5.23. The average Bonchev–Trinajstić information content (AvgIpc) is 3.12. The number of aromatic amines is 1. The van der Waals surface area contributed by atoms with E-state index in [1.807, 2.05) is 55.5 Å². The van der Waals surface area contributed by atoms with Crippen molar-refractivity contribution in [1.29, 1.82) is 0 Å². The summed E-state index contributed by atoms with van der Waals surface area (Å²) in [4.78, 5) is 4.51. The standard InChI is InChI=1S/C18H20N4O2/c1-3-24-15-11-13(9-10-14(15)23-2)16(19)18-20-17(21-22-18)12-7-5-4-6-8-12/h4-11,16H,3,19H2,1-2H3,(H,20,21,22)/t16-/m0/s1. The molecule has 0 fully saturated rings. The summed E-state index contributed by atoms with van der Waals surface area (Å²) in [5.74, 6) is 2.56. The van der Waals surface area contributed by atoms with Crippen molar-refractivity contribution < 1.29 is 9.47 Å². The molecule has 3 N–H and O–H groups in total. The van der Waals surface area contributed by atoms with Crippen LogP contribution < -0.4 is 15.2 Å². The minimum atomic E-state index is -0.430. The third-order valence-electron chi connectivity index (χ3n) is 3.68. The lowest BCUT2D eigenvalue weighted by molar-refractivity contribution is 0.310. The van der Waals surface area contributed by atoms with Gasteiger partial charge in [-0.05, 0) is 24.6 Å². The molecule has 3 rings (SSSR count). The van der Waals surface area contributed by atoms with Crippen LogP contribution in [0.5, 0.6) is 11.5 Å². The van der Waals surface area contributed by atoms with Gasteiger partial charge in [0, 0.05) is 5.56 Å². The fourth-order valence-electron chi connectivity index (χ4n) is 2.44. The van der Waals surface area contributed by atoms with E-state index in [4.69, 9.17) is 15.2 Å². The highest BCUT2D eigenvalue weighted by molar-refractivity contribution is 5.54.